The number of carbonyl (C=O) groups is 1. The van der Waals surface area contributed by atoms with Gasteiger partial charge in [-0.05, 0) is 17.7 Å². The van der Waals surface area contributed by atoms with Crippen LogP contribution in [0.1, 0.15) is 5.56 Å². The Kier molecular flexibility index (Phi) is 2.17. The van der Waals surface area contributed by atoms with Crippen LogP contribution in [0.4, 0.5) is 0 Å². The number of halogens is 1. The summed E-state index contributed by atoms with van der Waals surface area (Å²) in [5, 5.41) is 12.6. The highest BCUT2D eigenvalue weighted by Gasteiger charge is 2.22. The second kappa shape index (κ2) is 3.35. The molecule has 0 spiro atoms. The van der Waals surface area contributed by atoms with Crippen molar-refractivity contribution in [2.75, 3.05) is 6.54 Å². The zero-order valence-electron chi connectivity index (χ0n) is 7.25. The molecule has 1 heterocycles. The predicted molar refractivity (Wildman–Crippen MR) is 54.0 cm³/mol. The molecule has 14 heavy (non-hydrogen) atoms. The lowest BCUT2D eigenvalue weighted by Crippen LogP contribution is -2.17. The first-order chi connectivity index (χ1) is 6.68. The van der Waals surface area contributed by atoms with E-state index < -0.39 is 5.91 Å². The predicted octanol–water partition coefficient (Wildman–Crippen LogP) is 1.74. The van der Waals surface area contributed by atoms with Gasteiger partial charge in [-0.2, -0.15) is 0 Å². The molecule has 0 aromatic heterocycles. The summed E-state index contributed by atoms with van der Waals surface area (Å²) in [6.45, 7) is 0.367. The van der Waals surface area contributed by atoms with E-state index in [1.807, 2.05) is 0 Å². The molecule has 0 atom stereocenters. The van der Waals surface area contributed by atoms with E-state index in [0.717, 1.165) is 5.56 Å². The maximum atomic E-state index is 11.0. The fourth-order valence-electron chi connectivity index (χ4n) is 1.36. The highest BCUT2D eigenvalue weighted by molar-refractivity contribution is 6.30. The number of hydrogen-bond donors (Lipinski definition) is 2. The molecule has 1 aromatic rings. The summed E-state index contributed by atoms with van der Waals surface area (Å²) in [6.07, 6.45) is 0. The van der Waals surface area contributed by atoms with E-state index in [-0.39, 0.29) is 5.76 Å². The van der Waals surface area contributed by atoms with Gasteiger partial charge in [0.25, 0.3) is 5.91 Å². The minimum absolute atomic E-state index is 0.202. The smallest absolute Gasteiger partial charge is 0.286 e. The Labute approximate surface area is 86.0 Å². The lowest BCUT2D eigenvalue weighted by molar-refractivity contribution is -0.118. The quantitative estimate of drug-likeness (QED) is 0.740. The Balaban J connectivity index is 2.41. The van der Waals surface area contributed by atoms with Crippen LogP contribution in [0.3, 0.4) is 0 Å². The van der Waals surface area contributed by atoms with Crippen molar-refractivity contribution in [3.8, 4) is 0 Å². The summed E-state index contributed by atoms with van der Waals surface area (Å²) in [7, 11) is 0. The highest BCUT2D eigenvalue weighted by atomic mass is 35.5. The monoisotopic (exact) mass is 209 g/mol. The molecule has 1 aliphatic rings. The first kappa shape index (κ1) is 9.09. The van der Waals surface area contributed by atoms with Crippen molar-refractivity contribution in [1.82, 2.24) is 5.32 Å². The molecule has 3 nitrogen and oxygen atoms in total. The summed E-state index contributed by atoms with van der Waals surface area (Å²) in [6, 6.07) is 6.99. The zero-order chi connectivity index (χ0) is 10.1. The van der Waals surface area contributed by atoms with Crippen molar-refractivity contribution in [2.24, 2.45) is 0 Å². The molecular weight excluding hydrogens is 202 g/mol. The molecule has 0 unspecified atom stereocenters. The lowest BCUT2D eigenvalue weighted by atomic mass is 10.1. The van der Waals surface area contributed by atoms with Gasteiger partial charge in [0.1, 0.15) is 0 Å². The second-order valence-electron chi connectivity index (χ2n) is 3.02. The maximum Gasteiger partial charge on any atom is 0.286 e. The van der Waals surface area contributed by atoms with Crippen LogP contribution in [0.5, 0.6) is 0 Å². The van der Waals surface area contributed by atoms with E-state index in [2.05, 4.69) is 5.32 Å². The van der Waals surface area contributed by atoms with Gasteiger partial charge in [-0.15, -0.1) is 0 Å². The molecule has 2 N–H and O–H groups in total. The third-order valence-electron chi connectivity index (χ3n) is 2.12. The van der Waals surface area contributed by atoms with Crippen LogP contribution in [0.2, 0.25) is 5.02 Å². The number of carbonyl (C=O) groups excluding carboxylic acids is 1. The molecule has 72 valence electrons. The Morgan fingerprint density at radius 2 is 1.93 bits per heavy atom. The molecule has 0 radical (unpaired) electrons. The topological polar surface area (TPSA) is 49.3 Å². The molecule has 0 fully saturated rings. The summed E-state index contributed by atoms with van der Waals surface area (Å²) >= 11 is 5.72. The summed E-state index contributed by atoms with van der Waals surface area (Å²) < 4.78 is 0. The average molecular weight is 210 g/mol. The third kappa shape index (κ3) is 1.46. The Morgan fingerprint density at radius 1 is 1.29 bits per heavy atom. The van der Waals surface area contributed by atoms with Gasteiger partial charge in [0.05, 0.1) is 0 Å². The van der Waals surface area contributed by atoms with Gasteiger partial charge >= 0.3 is 0 Å². The minimum atomic E-state index is -0.421. The fourth-order valence-corrected chi connectivity index (χ4v) is 1.49. The van der Waals surface area contributed by atoms with Gasteiger partial charge in [0, 0.05) is 17.1 Å². The van der Waals surface area contributed by atoms with Gasteiger partial charge in [-0.1, -0.05) is 23.7 Å². The average Bonchev–Trinajstić information content (AvgIpc) is 2.50. The van der Waals surface area contributed by atoms with Crippen LogP contribution in [-0.2, 0) is 4.79 Å². The highest BCUT2D eigenvalue weighted by Crippen LogP contribution is 2.22. The molecule has 1 amide bonds. The lowest BCUT2D eigenvalue weighted by Gasteiger charge is -2.00. The standard InChI is InChI=1S/C10H8ClNO2/c11-7-3-1-6(2-4-7)8-5-12-10(14)9(8)13/h1-4,13H,5H2,(H,12,14). The normalized spacial score (nSPS) is 15.9. The first-order valence-electron chi connectivity index (χ1n) is 4.15. The Hall–Kier alpha value is -1.48. The molecular formula is C10H8ClNO2. The van der Waals surface area contributed by atoms with E-state index in [1.54, 1.807) is 24.3 Å². The van der Waals surface area contributed by atoms with Crippen molar-refractivity contribution in [3.63, 3.8) is 0 Å². The van der Waals surface area contributed by atoms with Crippen LogP contribution in [0.15, 0.2) is 30.0 Å². The molecule has 4 heteroatoms. The van der Waals surface area contributed by atoms with Crippen LogP contribution >= 0.6 is 11.6 Å². The van der Waals surface area contributed by atoms with Gasteiger partial charge in [-0.25, -0.2) is 0 Å². The maximum absolute atomic E-state index is 11.0. The number of amides is 1. The Bertz CT molecular complexity index is 409. The van der Waals surface area contributed by atoms with Gasteiger partial charge < -0.3 is 10.4 Å². The van der Waals surface area contributed by atoms with Crippen LogP contribution in [0.25, 0.3) is 5.57 Å². The molecule has 2 rings (SSSR count). The third-order valence-corrected chi connectivity index (χ3v) is 2.37. The van der Waals surface area contributed by atoms with E-state index in [4.69, 9.17) is 11.6 Å². The molecule has 0 bridgehead atoms. The van der Waals surface area contributed by atoms with Crippen molar-refractivity contribution in [2.45, 2.75) is 0 Å². The number of benzene rings is 1. The van der Waals surface area contributed by atoms with Gasteiger partial charge in [-0.3, -0.25) is 4.79 Å². The van der Waals surface area contributed by atoms with Gasteiger partial charge in [0.2, 0.25) is 0 Å². The second-order valence-corrected chi connectivity index (χ2v) is 3.45. The summed E-state index contributed by atoms with van der Waals surface area (Å²) in [5.74, 6) is -0.623. The van der Waals surface area contributed by atoms with E-state index >= 15 is 0 Å². The van der Waals surface area contributed by atoms with E-state index in [1.165, 1.54) is 0 Å². The van der Waals surface area contributed by atoms with Crippen LogP contribution < -0.4 is 5.32 Å². The van der Waals surface area contributed by atoms with Gasteiger partial charge in [0.15, 0.2) is 5.76 Å². The van der Waals surface area contributed by atoms with Crippen molar-refractivity contribution < 1.29 is 9.90 Å². The van der Waals surface area contributed by atoms with E-state index in [0.29, 0.717) is 17.1 Å². The molecule has 1 aromatic carbocycles. The van der Waals surface area contributed by atoms with Crippen molar-refractivity contribution in [1.29, 1.82) is 0 Å². The van der Waals surface area contributed by atoms with E-state index in [9.17, 15) is 9.90 Å². The minimum Gasteiger partial charge on any atom is -0.503 e. The number of nitrogens with one attached hydrogen (secondary N) is 1. The largest absolute Gasteiger partial charge is 0.503 e. The van der Waals surface area contributed by atoms with Crippen molar-refractivity contribution in [3.05, 3.63) is 40.6 Å². The number of aliphatic hydroxyl groups excluding tert-OH is 1. The molecule has 0 saturated carbocycles. The summed E-state index contributed by atoms with van der Waals surface area (Å²) in [4.78, 5) is 11.0. The van der Waals surface area contributed by atoms with Crippen LogP contribution in [0, 0.1) is 0 Å². The summed E-state index contributed by atoms with van der Waals surface area (Å²) in [5.41, 5.74) is 1.43. The number of aliphatic hydroxyl groups is 1. The molecule has 0 aliphatic carbocycles. The fraction of sp³-hybridized carbons (Fsp3) is 0.100. The van der Waals surface area contributed by atoms with Crippen molar-refractivity contribution >= 4 is 23.1 Å². The molecule has 1 aliphatic heterocycles. The van der Waals surface area contributed by atoms with Crippen LogP contribution in [-0.4, -0.2) is 17.6 Å². The molecule has 0 saturated heterocycles. The number of rotatable bonds is 1. The zero-order valence-corrected chi connectivity index (χ0v) is 8.01. The SMILES string of the molecule is O=C1NCC(c2ccc(Cl)cc2)=C1O. The first-order valence-corrected chi connectivity index (χ1v) is 4.52. The number of hydrogen-bond acceptors (Lipinski definition) is 2. The Morgan fingerprint density at radius 3 is 2.43 bits per heavy atom.